The number of piperidine rings is 3. The Kier molecular flexibility index (Phi) is 11.1. The van der Waals surface area contributed by atoms with Crippen molar-refractivity contribution in [3.05, 3.63) is 117 Å². The zero-order chi connectivity index (χ0) is 35.4. The molecule has 3 saturated heterocycles. The van der Waals surface area contributed by atoms with Crippen LogP contribution in [0.4, 0.5) is 19.3 Å². The second-order valence-electron chi connectivity index (χ2n) is 12.3. The van der Waals surface area contributed by atoms with Gasteiger partial charge < -0.3 is 18.9 Å². The molecule has 4 aromatic rings. The van der Waals surface area contributed by atoms with Crippen LogP contribution >= 0.6 is 23.2 Å². The molecule has 0 unspecified atom stereocenters. The van der Waals surface area contributed by atoms with Gasteiger partial charge in [0.15, 0.2) is 35.5 Å². The minimum absolute atomic E-state index is 0.133. The largest absolute Gasteiger partial charge is 0.493 e. The van der Waals surface area contributed by atoms with Crippen LogP contribution in [0.25, 0.3) is 0 Å². The molecular weight excluding hydrogens is 691 g/mol. The maximum Gasteiger partial charge on any atom is 0.415 e. The molecule has 3 aromatic carbocycles. The number of esters is 1. The number of nitrogens with zero attached hydrogens (tertiary/aromatic N) is 2. The normalized spacial score (nSPS) is 18.6. The Balaban J connectivity index is 1.22. The van der Waals surface area contributed by atoms with Crippen LogP contribution in [0.15, 0.2) is 73.1 Å². The number of halogens is 4. The predicted octanol–water partition coefficient (Wildman–Crippen LogP) is 7.48. The van der Waals surface area contributed by atoms with Crippen molar-refractivity contribution in [3.63, 3.8) is 0 Å². The van der Waals surface area contributed by atoms with Gasteiger partial charge in [0.25, 0.3) is 0 Å². The number of nitrogens with one attached hydrogen (secondary N) is 1. The van der Waals surface area contributed by atoms with Crippen molar-refractivity contribution in [2.24, 2.45) is 5.92 Å². The lowest BCUT2D eigenvalue weighted by atomic mass is 9.86. The van der Waals surface area contributed by atoms with Gasteiger partial charge in [-0.15, -0.1) is 0 Å². The van der Waals surface area contributed by atoms with Gasteiger partial charge in [-0.05, 0) is 79.4 Å². The highest BCUT2D eigenvalue weighted by atomic mass is 35.5. The number of amides is 1. The molecular formula is C37H36Cl2F2N3O6+. The number of carbonyl (C=O) groups excluding carboxylic acids is 2. The van der Waals surface area contributed by atoms with Crippen molar-refractivity contribution in [1.82, 2.24) is 4.90 Å². The van der Waals surface area contributed by atoms with E-state index in [0.29, 0.717) is 44.8 Å². The number of anilines is 1. The highest BCUT2D eigenvalue weighted by Crippen LogP contribution is 2.36. The molecule has 4 heterocycles. The van der Waals surface area contributed by atoms with Crippen molar-refractivity contribution in [3.8, 4) is 11.5 Å². The van der Waals surface area contributed by atoms with E-state index in [9.17, 15) is 14.0 Å². The summed E-state index contributed by atoms with van der Waals surface area (Å²) in [5, 5.41) is 0.740. The maximum atomic E-state index is 15.0. The molecule has 1 N–H and O–H groups in total. The van der Waals surface area contributed by atoms with Crippen LogP contribution in [0, 0.1) is 17.6 Å². The monoisotopic (exact) mass is 726 g/mol. The van der Waals surface area contributed by atoms with E-state index in [2.05, 4.69) is 9.88 Å². The molecule has 9 nitrogen and oxygen atoms in total. The average Bonchev–Trinajstić information content (AvgIpc) is 3.13. The van der Waals surface area contributed by atoms with Crippen molar-refractivity contribution in [2.45, 2.75) is 38.0 Å². The maximum absolute atomic E-state index is 15.0. The van der Waals surface area contributed by atoms with E-state index in [-0.39, 0.29) is 36.2 Å². The molecule has 3 aliphatic heterocycles. The topological polar surface area (TPSA) is 91.7 Å². The Morgan fingerprint density at radius 3 is 2.30 bits per heavy atom. The number of aromatic amines is 1. The van der Waals surface area contributed by atoms with Crippen LogP contribution in [0.3, 0.4) is 0 Å². The summed E-state index contributed by atoms with van der Waals surface area (Å²) in [6.07, 6.45) is 3.22. The number of fused-ring (bicyclic) bond motifs is 3. The molecule has 0 aliphatic carbocycles. The van der Waals surface area contributed by atoms with E-state index in [1.54, 1.807) is 54.9 Å². The quantitative estimate of drug-likeness (QED) is 0.148. The van der Waals surface area contributed by atoms with Gasteiger partial charge in [0.2, 0.25) is 0 Å². The number of hydrogen-bond donors (Lipinski definition) is 0. The Morgan fingerprint density at radius 2 is 1.66 bits per heavy atom. The van der Waals surface area contributed by atoms with Crippen LogP contribution in [-0.2, 0) is 22.4 Å². The standard InChI is InChI=1S/C37H35Cl2F2N3O6/c1-47-31-11-10-25(16-33(31)48-2)32(17-26-27(38)18-42-19-28(26)39)49-36(45)24-8-6-22(7-9-24)20-44(30-5-3-4-29(40)35(30)41)37(46)50-34-21-43-14-12-23(34)13-15-43/h3-11,16,18-19,23,32,34H,12-15,17,20-21H2,1-2H3/p+1/t32-,34-/m0/s1. The lowest BCUT2D eigenvalue weighted by molar-refractivity contribution is -0.377. The average molecular weight is 728 g/mol. The smallest absolute Gasteiger partial charge is 0.415 e. The zero-order valence-corrected chi connectivity index (χ0v) is 29.0. The minimum atomic E-state index is -1.16. The molecule has 50 heavy (non-hydrogen) atoms. The van der Waals surface area contributed by atoms with E-state index in [1.165, 1.54) is 26.4 Å². The van der Waals surface area contributed by atoms with Crippen LogP contribution in [0.1, 0.15) is 46.0 Å². The van der Waals surface area contributed by atoms with Crippen LogP contribution < -0.4 is 19.4 Å². The minimum Gasteiger partial charge on any atom is -0.493 e. The van der Waals surface area contributed by atoms with Gasteiger partial charge in [-0.2, -0.15) is 0 Å². The summed E-state index contributed by atoms with van der Waals surface area (Å²) in [4.78, 5) is 33.3. The summed E-state index contributed by atoms with van der Waals surface area (Å²) in [5.74, 6) is -1.70. The first-order valence-electron chi connectivity index (χ1n) is 16.2. The molecule has 7 rings (SSSR count). The predicted molar refractivity (Wildman–Crippen MR) is 183 cm³/mol. The Morgan fingerprint density at radius 1 is 0.960 bits per heavy atom. The van der Waals surface area contributed by atoms with Gasteiger partial charge in [0, 0.05) is 18.5 Å². The van der Waals surface area contributed by atoms with Gasteiger partial charge >= 0.3 is 12.1 Å². The molecule has 2 bridgehead atoms. The number of H-pyrrole nitrogens is 1. The molecule has 3 aliphatic rings. The van der Waals surface area contributed by atoms with Crippen molar-refractivity contribution < 1.29 is 42.3 Å². The van der Waals surface area contributed by atoms with Gasteiger partial charge in [-0.25, -0.2) is 23.4 Å². The fourth-order valence-electron chi connectivity index (χ4n) is 6.45. The molecule has 0 saturated carbocycles. The highest BCUT2D eigenvalue weighted by molar-refractivity contribution is 6.35. The van der Waals surface area contributed by atoms with Crippen molar-refractivity contribution in [1.29, 1.82) is 0 Å². The summed E-state index contributed by atoms with van der Waals surface area (Å²) in [7, 11) is 3.03. The number of methoxy groups -OCH3 is 2. The number of carbonyl (C=O) groups is 2. The van der Waals surface area contributed by atoms with E-state index in [0.717, 1.165) is 36.9 Å². The first-order chi connectivity index (χ1) is 24.1. The number of hydrogen-bond acceptors (Lipinski definition) is 7. The van der Waals surface area contributed by atoms with Crippen LogP contribution in [-0.4, -0.2) is 56.9 Å². The zero-order valence-electron chi connectivity index (χ0n) is 27.5. The van der Waals surface area contributed by atoms with Gasteiger partial charge in [-0.3, -0.25) is 9.80 Å². The number of ether oxygens (including phenoxy) is 4. The van der Waals surface area contributed by atoms with E-state index in [1.807, 2.05) is 0 Å². The first-order valence-corrected chi connectivity index (χ1v) is 16.9. The Bertz CT molecular complexity index is 1840. The fraction of sp³-hybridized carbons (Fsp3) is 0.324. The van der Waals surface area contributed by atoms with Gasteiger partial charge in [-0.1, -0.05) is 47.5 Å². The van der Waals surface area contributed by atoms with Crippen LogP contribution in [0.5, 0.6) is 11.5 Å². The second-order valence-corrected chi connectivity index (χ2v) is 13.1. The number of rotatable bonds is 11. The molecule has 2 atom stereocenters. The highest BCUT2D eigenvalue weighted by Gasteiger charge is 2.38. The lowest BCUT2D eigenvalue weighted by Crippen LogP contribution is -2.53. The van der Waals surface area contributed by atoms with Gasteiger partial charge in [0.1, 0.15) is 22.3 Å². The first kappa shape index (κ1) is 35.4. The Labute approximate surface area is 298 Å². The molecule has 262 valence electrons. The number of aromatic nitrogens is 1. The van der Waals surface area contributed by atoms with Gasteiger partial charge in [0.05, 0.1) is 32.0 Å². The molecule has 0 spiro atoms. The third kappa shape index (κ3) is 7.80. The molecule has 13 heteroatoms. The summed E-state index contributed by atoms with van der Waals surface area (Å²) in [6.45, 7) is 2.39. The third-order valence-corrected chi connectivity index (χ3v) is 9.91. The molecule has 0 radical (unpaired) electrons. The van der Waals surface area contributed by atoms with E-state index >= 15 is 4.39 Å². The number of pyridine rings is 1. The van der Waals surface area contributed by atoms with Crippen LogP contribution in [0.2, 0.25) is 10.0 Å². The SMILES string of the molecule is COc1ccc([C@H](Cc2c(Cl)c[nH+]cc2Cl)OC(=O)c2ccc(CN(C(=O)O[C@H]3CN4CCC3CC4)c3cccc(F)c3F)cc2)cc1OC. The van der Waals surface area contributed by atoms with Crippen molar-refractivity contribution in [2.75, 3.05) is 38.8 Å². The third-order valence-electron chi connectivity index (χ3n) is 9.24. The summed E-state index contributed by atoms with van der Waals surface area (Å²) in [5.41, 5.74) is 1.71. The fourth-order valence-corrected chi connectivity index (χ4v) is 6.98. The van der Waals surface area contributed by atoms with Crippen molar-refractivity contribution >= 4 is 41.0 Å². The molecule has 1 amide bonds. The van der Waals surface area contributed by atoms with E-state index < -0.39 is 29.8 Å². The lowest BCUT2D eigenvalue weighted by Gasteiger charge is -2.44. The van der Waals surface area contributed by atoms with E-state index in [4.69, 9.17) is 42.1 Å². The summed E-state index contributed by atoms with van der Waals surface area (Å²) >= 11 is 12.9. The summed E-state index contributed by atoms with van der Waals surface area (Å²) < 4.78 is 52.1. The Hall–Kier alpha value is -4.45. The second kappa shape index (κ2) is 15.6. The number of benzene rings is 3. The molecule has 1 aromatic heterocycles. The summed E-state index contributed by atoms with van der Waals surface area (Å²) in [6, 6.07) is 15.2. The molecule has 3 fully saturated rings.